The summed E-state index contributed by atoms with van der Waals surface area (Å²) in [5.74, 6) is 0. The Bertz CT molecular complexity index is 441. The minimum Gasteiger partial charge on any atom is -0.316 e. The Morgan fingerprint density at radius 2 is 1.88 bits per heavy atom. The fraction of sp³-hybridized carbons (Fsp3) is 0.333. The highest BCUT2D eigenvalue weighted by Gasteiger charge is 2.02. The van der Waals surface area contributed by atoms with Crippen molar-refractivity contribution in [3.63, 3.8) is 0 Å². The Hall–Kier alpha value is -1.17. The molecule has 1 rings (SSSR count). The lowest BCUT2D eigenvalue weighted by molar-refractivity contribution is 0.586. The number of hydrogen-bond acceptors (Lipinski definition) is 3. The fourth-order valence-corrected chi connectivity index (χ4v) is 2.06. The molecule has 0 amide bonds. The van der Waals surface area contributed by atoms with E-state index in [4.69, 9.17) is 0 Å². The molecule has 1 aromatic rings. The van der Waals surface area contributed by atoms with Crippen LogP contribution in [0.5, 0.6) is 0 Å². The summed E-state index contributed by atoms with van der Waals surface area (Å²) in [5, 5.41) is 4.23. The summed E-state index contributed by atoms with van der Waals surface area (Å²) in [6.07, 6.45) is 1.58. The third-order valence-electron chi connectivity index (χ3n) is 2.09. The molecule has 0 atom stereocenters. The molecule has 0 bridgehead atoms. The highest BCUT2D eigenvalue weighted by molar-refractivity contribution is 7.92. The average Bonchev–Trinajstić information content (AvgIpc) is 2.34. The van der Waals surface area contributed by atoms with E-state index in [1.165, 1.54) is 5.41 Å². The van der Waals surface area contributed by atoms with Crippen LogP contribution < -0.4 is 10.0 Å². The van der Waals surface area contributed by atoms with Gasteiger partial charge in [-0.3, -0.25) is 0 Å². The summed E-state index contributed by atoms with van der Waals surface area (Å²) in [6, 6.07) is 9.33. The zero-order valence-electron chi connectivity index (χ0n) is 9.89. The molecule has 0 heterocycles. The minimum absolute atomic E-state index is 0.398. The van der Waals surface area contributed by atoms with E-state index in [0.717, 1.165) is 12.1 Å². The molecular weight excluding hydrogens is 236 g/mol. The third-order valence-corrected chi connectivity index (χ3v) is 3.20. The van der Waals surface area contributed by atoms with Gasteiger partial charge >= 0.3 is 0 Å². The fourth-order valence-electron chi connectivity index (χ4n) is 1.24. The molecule has 94 valence electrons. The van der Waals surface area contributed by atoms with Crippen molar-refractivity contribution >= 4 is 16.1 Å². The zero-order valence-corrected chi connectivity index (χ0v) is 10.7. The Morgan fingerprint density at radius 1 is 1.18 bits per heavy atom. The molecule has 4 nitrogen and oxygen atoms in total. The molecule has 0 fully saturated rings. The lowest BCUT2D eigenvalue weighted by Crippen LogP contribution is -2.30. The van der Waals surface area contributed by atoms with E-state index >= 15 is 0 Å². The lowest BCUT2D eigenvalue weighted by atomic mass is 10.2. The highest BCUT2D eigenvalue weighted by Crippen LogP contribution is 2.02. The number of benzene rings is 1. The second kappa shape index (κ2) is 7.21. The van der Waals surface area contributed by atoms with Crippen molar-refractivity contribution in [2.45, 2.75) is 6.92 Å². The van der Waals surface area contributed by atoms with Crippen LogP contribution in [-0.2, 0) is 10.0 Å². The van der Waals surface area contributed by atoms with Crippen LogP contribution in [0, 0.1) is 0 Å². The Kier molecular flexibility index (Phi) is 5.90. The Balaban J connectivity index is 2.46. The van der Waals surface area contributed by atoms with Crippen molar-refractivity contribution in [2.75, 3.05) is 19.6 Å². The SMILES string of the molecule is CCNCCNS(=O)(=O)/C=C/c1ccccc1. The summed E-state index contributed by atoms with van der Waals surface area (Å²) < 4.78 is 25.6. The lowest BCUT2D eigenvalue weighted by Gasteiger charge is -2.02. The summed E-state index contributed by atoms with van der Waals surface area (Å²) in [6.45, 7) is 3.84. The van der Waals surface area contributed by atoms with Crippen LogP contribution >= 0.6 is 0 Å². The molecule has 0 aliphatic carbocycles. The first-order valence-corrected chi connectivity index (χ1v) is 7.12. The van der Waals surface area contributed by atoms with Gasteiger partial charge in [-0.25, -0.2) is 13.1 Å². The van der Waals surface area contributed by atoms with E-state index in [2.05, 4.69) is 10.0 Å². The molecule has 0 aliphatic heterocycles. The molecule has 0 radical (unpaired) electrons. The van der Waals surface area contributed by atoms with Gasteiger partial charge in [0.2, 0.25) is 10.0 Å². The molecule has 0 spiro atoms. The van der Waals surface area contributed by atoms with Crippen molar-refractivity contribution in [1.82, 2.24) is 10.0 Å². The van der Waals surface area contributed by atoms with Gasteiger partial charge in [0.15, 0.2) is 0 Å². The van der Waals surface area contributed by atoms with Gasteiger partial charge in [0.05, 0.1) is 0 Å². The van der Waals surface area contributed by atoms with Crippen LogP contribution in [0.4, 0.5) is 0 Å². The van der Waals surface area contributed by atoms with Crippen molar-refractivity contribution < 1.29 is 8.42 Å². The van der Waals surface area contributed by atoms with Crippen molar-refractivity contribution in [3.8, 4) is 0 Å². The topological polar surface area (TPSA) is 58.2 Å². The highest BCUT2D eigenvalue weighted by atomic mass is 32.2. The molecule has 0 unspecified atom stereocenters. The smallest absolute Gasteiger partial charge is 0.233 e. The maximum Gasteiger partial charge on any atom is 0.233 e. The average molecular weight is 254 g/mol. The van der Waals surface area contributed by atoms with Crippen molar-refractivity contribution in [3.05, 3.63) is 41.3 Å². The molecule has 0 aromatic heterocycles. The predicted octanol–water partition coefficient (Wildman–Crippen LogP) is 1.19. The van der Waals surface area contributed by atoms with Crippen molar-refractivity contribution in [1.29, 1.82) is 0 Å². The summed E-state index contributed by atoms with van der Waals surface area (Å²) in [5.41, 5.74) is 0.865. The van der Waals surface area contributed by atoms with Crippen molar-refractivity contribution in [2.24, 2.45) is 0 Å². The predicted molar refractivity (Wildman–Crippen MR) is 70.9 cm³/mol. The van der Waals surface area contributed by atoms with E-state index < -0.39 is 10.0 Å². The molecule has 0 saturated heterocycles. The minimum atomic E-state index is -3.33. The first-order valence-electron chi connectivity index (χ1n) is 5.57. The van der Waals surface area contributed by atoms with Gasteiger partial charge < -0.3 is 5.32 Å². The summed E-state index contributed by atoms with van der Waals surface area (Å²) >= 11 is 0. The normalized spacial score (nSPS) is 12.1. The molecule has 1 aromatic carbocycles. The van der Waals surface area contributed by atoms with E-state index in [1.807, 2.05) is 37.3 Å². The van der Waals surface area contributed by atoms with E-state index in [-0.39, 0.29) is 0 Å². The van der Waals surface area contributed by atoms with Crippen LogP contribution in [0.15, 0.2) is 35.7 Å². The van der Waals surface area contributed by atoms with E-state index in [0.29, 0.717) is 13.1 Å². The number of rotatable bonds is 7. The summed E-state index contributed by atoms with van der Waals surface area (Å²) in [4.78, 5) is 0. The number of sulfonamides is 1. The van der Waals surface area contributed by atoms with Gasteiger partial charge in [0.1, 0.15) is 0 Å². The van der Waals surface area contributed by atoms with Crippen LogP contribution in [0.3, 0.4) is 0 Å². The molecule has 0 aliphatic rings. The molecule has 0 saturated carbocycles. The van der Waals surface area contributed by atoms with Gasteiger partial charge in [-0.2, -0.15) is 0 Å². The molecule has 5 heteroatoms. The van der Waals surface area contributed by atoms with E-state index in [9.17, 15) is 8.42 Å². The Labute approximate surface area is 103 Å². The summed E-state index contributed by atoms with van der Waals surface area (Å²) in [7, 11) is -3.33. The quantitative estimate of drug-likeness (QED) is 0.719. The van der Waals surface area contributed by atoms with Gasteiger partial charge in [0, 0.05) is 18.5 Å². The maximum absolute atomic E-state index is 11.5. The molecule has 17 heavy (non-hydrogen) atoms. The Morgan fingerprint density at radius 3 is 2.53 bits per heavy atom. The number of hydrogen-bond donors (Lipinski definition) is 2. The maximum atomic E-state index is 11.5. The van der Waals surface area contributed by atoms with Crippen LogP contribution in [-0.4, -0.2) is 28.1 Å². The third kappa shape index (κ3) is 6.21. The second-order valence-electron chi connectivity index (χ2n) is 3.51. The standard InChI is InChI=1S/C12H18N2O2S/c1-2-13-9-10-14-17(15,16)11-8-12-6-4-3-5-7-12/h3-8,11,13-14H,2,9-10H2,1H3/b11-8+. The van der Waals surface area contributed by atoms with Crippen LogP contribution in [0.25, 0.3) is 6.08 Å². The van der Waals surface area contributed by atoms with Crippen LogP contribution in [0.1, 0.15) is 12.5 Å². The first kappa shape index (κ1) is 13.9. The number of nitrogens with one attached hydrogen (secondary N) is 2. The monoisotopic (exact) mass is 254 g/mol. The number of likely N-dealkylation sites (N-methyl/N-ethyl adjacent to an activating group) is 1. The second-order valence-corrected chi connectivity index (χ2v) is 5.16. The zero-order chi connectivity index (χ0) is 12.6. The van der Waals surface area contributed by atoms with Gasteiger partial charge in [-0.05, 0) is 18.2 Å². The molecule has 2 N–H and O–H groups in total. The van der Waals surface area contributed by atoms with Crippen LogP contribution in [0.2, 0.25) is 0 Å². The van der Waals surface area contributed by atoms with E-state index in [1.54, 1.807) is 6.08 Å². The first-order chi connectivity index (χ1) is 8.14. The van der Waals surface area contributed by atoms with Gasteiger partial charge in [-0.15, -0.1) is 0 Å². The van der Waals surface area contributed by atoms with Gasteiger partial charge in [-0.1, -0.05) is 37.3 Å². The van der Waals surface area contributed by atoms with Gasteiger partial charge in [0.25, 0.3) is 0 Å². The molecular formula is C12H18N2O2S. The largest absolute Gasteiger partial charge is 0.316 e.